The van der Waals surface area contributed by atoms with Gasteiger partial charge in [-0.15, -0.1) is 0 Å². The highest BCUT2D eigenvalue weighted by Crippen LogP contribution is 2.23. The Morgan fingerprint density at radius 3 is 2.41 bits per heavy atom. The van der Waals surface area contributed by atoms with Gasteiger partial charge in [0.1, 0.15) is 17.3 Å². The number of aliphatic carboxylic acids is 2. The number of halogens is 3. The van der Waals surface area contributed by atoms with Crippen LogP contribution in [0.4, 0.5) is 13.2 Å². The van der Waals surface area contributed by atoms with E-state index in [0.29, 0.717) is 28.9 Å². The van der Waals surface area contributed by atoms with Gasteiger partial charge in [-0.2, -0.15) is 13.2 Å². The summed E-state index contributed by atoms with van der Waals surface area (Å²) in [5, 5.41) is 18.4. The summed E-state index contributed by atoms with van der Waals surface area (Å²) in [5.74, 6) is -3.41. The maximum Gasteiger partial charge on any atom is 0.430 e. The maximum atomic E-state index is 11.5. The van der Waals surface area contributed by atoms with E-state index in [1.807, 2.05) is 6.92 Å². The first-order valence-corrected chi connectivity index (χ1v) is 7.49. The molecule has 11 heteroatoms. The molecule has 8 nitrogen and oxygen atoms in total. The largest absolute Gasteiger partial charge is 0.542 e. The van der Waals surface area contributed by atoms with Crippen LogP contribution in [-0.2, 0) is 16.0 Å². The molecule has 1 atom stereocenters. The molecule has 0 saturated carbocycles. The average molecular weight is 391 g/mol. The highest BCUT2D eigenvalue weighted by molar-refractivity contribution is 5.82. The van der Waals surface area contributed by atoms with E-state index in [-0.39, 0.29) is 6.42 Å². The Bertz CT molecular complexity index is 876. The predicted molar refractivity (Wildman–Crippen MR) is 82.7 cm³/mol. The molecule has 27 heavy (non-hydrogen) atoms. The number of ether oxygens (including phenoxy) is 1. The third kappa shape index (κ3) is 6.62. The molecule has 0 saturated heterocycles. The smallest absolute Gasteiger partial charge is 0.430 e. The number of hydrogen-bond acceptors (Lipinski definition) is 6. The Morgan fingerprint density at radius 1 is 1.33 bits per heavy atom. The Morgan fingerprint density at radius 2 is 1.93 bits per heavy atom. The van der Waals surface area contributed by atoms with Gasteiger partial charge in [0.2, 0.25) is 0 Å². The number of carbonyl (C=O) groups excluding carboxylic acids is 1. The molecule has 1 aromatic carbocycles. The molecule has 0 bridgehead atoms. The second-order valence-corrected chi connectivity index (χ2v) is 5.21. The fraction of sp³-hybridized carbons (Fsp3) is 0.312. The maximum absolute atomic E-state index is 11.5. The number of benzene rings is 1. The van der Waals surface area contributed by atoms with Crippen molar-refractivity contribution in [3.8, 4) is 5.75 Å². The highest BCUT2D eigenvalue weighted by atomic mass is 19.4. The molecular weight excluding hydrogens is 375 g/mol. The third-order valence-electron chi connectivity index (χ3n) is 3.16. The molecule has 1 heterocycles. The molecule has 0 aliphatic rings. The van der Waals surface area contributed by atoms with Crippen molar-refractivity contribution in [3.05, 3.63) is 40.2 Å². The summed E-state index contributed by atoms with van der Waals surface area (Å²) in [5.41, 5.74) is 4.04. The third-order valence-corrected chi connectivity index (χ3v) is 3.16. The standard InChI is InChI=1S/C14H15NO5.C2HF3O2/c1-2-19-9-3-4-10-8(5-11(15)14(17)18)6-13(16)20-12(10)7-9;3-2(4,5)1(6)7/h3-4,6-7,11H,2,5,15H2,1H3,(H,17,18);(H,6,7)/t11-;/m0./s1. The van der Waals surface area contributed by atoms with E-state index < -0.39 is 29.8 Å². The zero-order valence-corrected chi connectivity index (χ0v) is 14.0. The summed E-state index contributed by atoms with van der Waals surface area (Å²) in [6.07, 6.45) is -5.02. The first-order valence-electron chi connectivity index (χ1n) is 7.49. The fourth-order valence-electron chi connectivity index (χ4n) is 1.99. The Hall–Kier alpha value is -3.08. The van der Waals surface area contributed by atoms with Crippen LogP contribution in [0.3, 0.4) is 0 Å². The molecule has 2 aromatic rings. The van der Waals surface area contributed by atoms with Crippen molar-refractivity contribution >= 4 is 22.9 Å². The molecule has 2 rings (SSSR count). The number of carboxylic acid groups (broad SMARTS) is 2. The Kier molecular flexibility index (Phi) is 7.35. The van der Waals surface area contributed by atoms with E-state index in [2.05, 4.69) is 5.73 Å². The second kappa shape index (κ2) is 9.03. The topological polar surface area (TPSA) is 145 Å². The molecule has 1 aromatic heterocycles. The van der Waals surface area contributed by atoms with E-state index in [4.69, 9.17) is 24.2 Å². The lowest BCUT2D eigenvalue weighted by Crippen LogP contribution is -2.66. The number of carboxylic acids is 2. The molecular formula is C16H16F3NO7. The zero-order chi connectivity index (χ0) is 20.8. The molecule has 148 valence electrons. The number of quaternary nitrogens is 1. The molecule has 0 aliphatic carbocycles. The van der Waals surface area contributed by atoms with Gasteiger partial charge in [-0.1, -0.05) is 0 Å². The minimum Gasteiger partial charge on any atom is -0.542 e. The predicted octanol–water partition coefficient (Wildman–Crippen LogP) is -0.272. The quantitative estimate of drug-likeness (QED) is 0.667. The lowest BCUT2D eigenvalue weighted by atomic mass is 10.0. The lowest BCUT2D eigenvalue weighted by molar-refractivity contribution is -0.407. The van der Waals surface area contributed by atoms with Crippen LogP contribution in [-0.4, -0.2) is 35.9 Å². The van der Waals surface area contributed by atoms with Gasteiger partial charge in [0.25, 0.3) is 0 Å². The van der Waals surface area contributed by atoms with E-state index in [1.165, 1.54) is 6.07 Å². The Balaban J connectivity index is 0.000000445. The molecule has 0 fully saturated rings. The van der Waals surface area contributed by atoms with Crippen molar-refractivity contribution < 1.29 is 47.9 Å². The van der Waals surface area contributed by atoms with Crippen LogP contribution in [0.5, 0.6) is 5.75 Å². The van der Waals surface area contributed by atoms with E-state index in [1.54, 1.807) is 18.2 Å². The average Bonchev–Trinajstić information content (AvgIpc) is 2.54. The number of fused-ring (bicyclic) bond motifs is 1. The van der Waals surface area contributed by atoms with Crippen LogP contribution in [0.2, 0.25) is 0 Å². The van der Waals surface area contributed by atoms with Crippen molar-refractivity contribution in [1.82, 2.24) is 0 Å². The fourth-order valence-corrected chi connectivity index (χ4v) is 1.99. The molecule has 0 aliphatic heterocycles. The van der Waals surface area contributed by atoms with Gasteiger partial charge >= 0.3 is 17.8 Å². The summed E-state index contributed by atoms with van der Waals surface area (Å²) in [6.45, 7) is 2.37. The van der Waals surface area contributed by atoms with Crippen LogP contribution in [0.25, 0.3) is 11.0 Å². The van der Waals surface area contributed by atoms with Crippen molar-refractivity contribution in [3.63, 3.8) is 0 Å². The summed E-state index contributed by atoms with van der Waals surface area (Å²) < 4.78 is 42.0. The van der Waals surface area contributed by atoms with Crippen LogP contribution in [0, 0.1) is 0 Å². The summed E-state index contributed by atoms with van der Waals surface area (Å²) in [6, 6.07) is 5.64. The van der Waals surface area contributed by atoms with Gasteiger partial charge in [-0.3, -0.25) is 0 Å². The molecule has 0 unspecified atom stereocenters. The normalized spacial score (nSPS) is 12.0. The number of alkyl halides is 3. The van der Waals surface area contributed by atoms with Crippen LogP contribution in [0.15, 0.2) is 33.5 Å². The minimum atomic E-state index is -5.19. The molecule has 4 N–H and O–H groups in total. The van der Waals surface area contributed by atoms with Crippen LogP contribution < -0.4 is 21.2 Å². The summed E-state index contributed by atoms with van der Waals surface area (Å²) in [4.78, 5) is 31.2. The van der Waals surface area contributed by atoms with Crippen LogP contribution >= 0.6 is 0 Å². The number of hydrogen-bond donors (Lipinski definition) is 2. The van der Waals surface area contributed by atoms with Gasteiger partial charge in [0.15, 0.2) is 6.04 Å². The van der Waals surface area contributed by atoms with Crippen molar-refractivity contribution in [2.75, 3.05) is 6.61 Å². The van der Waals surface area contributed by atoms with Crippen molar-refractivity contribution in [1.29, 1.82) is 0 Å². The van der Waals surface area contributed by atoms with E-state index in [9.17, 15) is 22.8 Å². The molecule has 0 radical (unpaired) electrons. The van der Waals surface area contributed by atoms with Crippen LogP contribution in [0.1, 0.15) is 12.5 Å². The number of rotatable bonds is 5. The van der Waals surface area contributed by atoms with Crippen molar-refractivity contribution in [2.24, 2.45) is 0 Å². The summed E-state index contributed by atoms with van der Waals surface area (Å²) >= 11 is 0. The van der Waals surface area contributed by atoms with Gasteiger partial charge in [-0.25, -0.2) is 9.59 Å². The van der Waals surface area contributed by atoms with Gasteiger partial charge in [0, 0.05) is 23.9 Å². The van der Waals surface area contributed by atoms with E-state index >= 15 is 0 Å². The van der Waals surface area contributed by atoms with E-state index in [0.717, 1.165) is 0 Å². The first-order chi connectivity index (χ1) is 12.5. The summed E-state index contributed by atoms with van der Waals surface area (Å²) in [7, 11) is 0. The molecule has 0 amide bonds. The number of carbonyl (C=O) groups is 2. The Labute approximate surface area is 150 Å². The SMILES string of the molecule is CCOc1ccc2c(C[C@H]([NH3+])C(=O)O)cc(=O)oc2c1.O=C([O-])C(F)(F)F. The van der Waals surface area contributed by atoms with Gasteiger partial charge in [0.05, 0.1) is 6.61 Å². The minimum absolute atomic E-state index is 0.172. The zero-order valence-electron chi connectivity index (χ0n) is 14.0. The molecule has 0 spiro atoms. The second-order valence-electron chi connectivity index (χ2n) is 5.21. The first kappa shape index (κ1) is 22.0. The monoisotopic (exact) mass is 391 g/mol. The van der Waals surface area contributed by atoms with Gasteiger partial charge < -0.3 is 29.9 Å². The highest BCUT2D eigenvalue weighted by Gasteiger charge is 2.28. The van der Waals surface area contributed by atoms with Gasteiger partial charge in [-0.05, 0) is 24.6 Å². The lowest BCUT2D eigenvalue weighted by Gasteiger charge is -2.08. The van der Waals surface area contributed by atoms with Crippen molar-refractivity contribution in [2.45, 2.75) is 25.6 Å².